The number of rotatable bonds is 2. The van der Waals surface area contributed by atoms with Crippen molar-refractivity contribution in [1.29, 1.82) is 0 Å². The highest BCUT2D eigenvalue weighted by Crippen LogP contribution is 2.28. The summed E-state index contributed by atoms with van der Waals surface area (Å²) in [5, 5.41) is 0. The number of hydrogen-bond donors (Lipinski definition) is 1. The Balaban J connectivity index is 2.47. The molecule has 0 saturated carbocycles. The fourth-order valence-electron chi connectivity index (χ4n) is 0.783. The molecule has 58 valence electrons. The van der Waals surface area contributed by atoms with Crippen molar-refractivity contribution in [2.24, 2.45) is 5.73 Å². The molecule has 0 amide bonds. The van der Waals surface area contributed by atoms with Crippen molar-refractivity contribution in [3.63, 3.8) is 0 Å². The van der Waals surface area contributed by atoms with Gasteiger partial charge in [-0.25, -0.2) is 0 Å². The van der Waals surface area contributed by atoms with Gasteiger partial charge in [0.05, 0.1) is 0 Å². The summed E-state index contributed by atoms with van der Waals surface area (Å²) < 4.78 is 9.99. The van der Waals surface area contributed by atoms with Crippen LogP contribution in [0.25, 0.3) is 0 Å². The molecule has 0 aromatic rings. The van der Waals surface area contributed by atoms with Gasteiger partial charge in [0.1, 0.15) is 0 Å². The molecule has 2 atom stereocenters. The van der Waals surface area contributed by atoms with E-state index in [4.69, 9.17) is 15.2 Å². The molecule has 2 unspecified atom stereocenters. The molecule has 1 heterocycles. The molecule has 10 heavy (non-hydrogen) atoms. The first-order valence-electron chi connectivity index (χ1n) is 3.28. The van der Waals surface area contributed by atoms with E-state index in [2.05, 4.69) is 0 Å². The largest absolute Gasteiger partial charge is 0.400 e. The topological polar surface area (TPSA) is 47.8 Å². The van der Waals surface area contributed by atoms with Crippen molar-refractivity contribution in [2.75, 3.05) is 7.11 Å². The number of hydrogen-bond acceptors (Lipinski definition) is 3. The van der Waals surface area contributed by atoms with E-state index in [0.29, 0.717) is 0 Å². The third-order valence-corrected chi connectivity index (χ3v) is 1.57. The summed E-state index contributed by atoms with van der Waals surface area (Å²) in [6.07, 6.45) is -0.0927. The first-order valence-corrected chi connectivity index (χ1v) is 3.28. The minimum atomic E-state index is -0.102. The van der Waals surface area contributed by atoms with Crippen LogP contribution in [0.4, 0.5) is 0 Å². The molecule has 1 saturated heterocycles. The van der Waals surface area contributed by atoms with Crippen LogP contribution in [0.5, 0.6) is 0 Å². The minimum absolute atomic E-state index is 0.00926. The molecule has 0 radical (unpaired) electrons. The van der Waals surface area contributed by atoms with Crippen LogP contribution in [0.3, 0.4) is 0 Å². The van der Waals surface area contributed by atoms with Gasteiger partial charge >= 0.3 is 0 Å². The Morgan fingerprint density at radius 3 is 2.40 bits per heavy atom. The summed E-state index contributed by atoms with van der Waals surface area (Å²) in [7, 11) is 1.61. The second-order valence-corrected chi connectivity index (χ2v) is 2.62. The molecule has 0 bridgehead atoms. The second-order valence-electron chi connectivity index (χ2n) is 2.62. The Morgan fingerprint density at radius 2 is 2.10 bits per heavy atom. The van der Waals surface area contributed by atoms with Crippen LogP contribution in [-0.2, 0) is 9.47 Å². The van der Waals surface area contributed by atoms with Gasteiger partial charge in [0.15, 0.2) is 12.4 Å². The summed E-state index contributed by atoms with van der Waals surface area (Å²) in [5.74, 6) is 0. The Labute approximate surface area is 60.8 Å². The third kappa shape index (κ3) is 1.30. The first kappa shape index (κ1) is 7.57. The lowest BCUT2D eigenvalue weighted by atomic mass is 10.2. The van der Waals surface area contributed by atoms with Crippen LogP contribution in [0.1, 0.15) is 13.8 Å². The maximum Gasteiger partial charge on any atom is 0.190 e. The Bertz CT molecular complexity index is 161. The van der Waals surface area contributed by atoms with Crippen LogP contribution in [0.2, 0.25) is 0 Å². The van der Waals surface area contributed by atoms with Crippen LogP contribution in [-0.4, -0.2) is 19.5 Å². The lowest BCUT2D eigenvalue weighted by Crippen LogP contribution is -2.10. The van der Waals surface area contributed by atoms with E-state index < -0.39 is 0 Å². The van der Waals surface area contributed by atoms with Gasteiger partial charge in [0.25, 0.3) is 0 Å². The summed E-state index contributed by atoms with van der Waals surface area (Å²) in [4.78, 5) is 0. The lowest BCUT2D eigenvalue weighted by Gasteiger charge is -1.96. The summed E-state index contributed by atoms with van der Waals surface area (Å²) in [5.41, 5.74) is 7.56. The van der Waals surface area contributed by atoms with Crippen molar-refractivity contribution in [3.05, 3.63) is 11.3 Å². The maximum absolute atomic E-state index is 5.66. The zero-order valence-corrected chi connectivity index (χ0v) is 6.55. The number of ether oxygens (including phenoxy) is 2. The van der Waals surface area contributed by atoms with Crippen LogP contribution in [0, 0.1) is 0 Å². The normalized spacial score (nSPS) is 29.9. The van der Waals surface area contributed by atoms with Crippen LogP contribution in [0.15, 0.2) is 11.3 Å². The zero-order valence-electron chi connectivity index (χ0n) is 6.55. The quantitative estimate of drug-likeness (QED) is 0.576. The minimum Gasteiger partial charge on any atom is -0.400 e. The highest BCUT2D eigenvalue weighted by Gasteiger charge is 2.41. The average molecular weight is 143 g/mol. The molecule has 3 nitrogen and oxygen atoms in total. The predicted molar refractivity (Wildman–Crippen MR) is 38.2 cm³/mol. The SMILES string of the molecule is COC1OC1C(N)=C(C)C. The molecule has 0 aromatic carbocycles. The van der Waals surface area contributed by atoms with Crippen LogP contribution >= 0.6 is 0 Å². The van der Waals surface area contributed by atoms with Gasteiger partial charge < -0.3 is 15.2 Å². The second kappa shape index (κ2) is 2.60. The van der Waals surface area contributed by atoms with E-state index in [1.807, 2.05) is 13.8 Å². The van der Waals surface area contributed by atoms with Crippen molar-refractivity contribution >= 4 is 0 Å². The van der Waals surface area contributed by atoms with Crippen molar-refractivity contribution in [3.8, 4) is 0 Å². The Kier molecular flexibility index (Phi) is 1.97. The molecular weight excluding hydrogens is 130 g/mol. The number of epoxide rings is 1. The standard InChI is InChI=1S/C7H13NO2/c1-4(2)5(8)6-7(9-3)10-6/h6-7H,8H2,1-3H3. The fraction of sp³-hybridized carbons (Fsp3) is 0.714. The summed E-state index contributed by atoms with van der Waals surface area (Å²) >= 11 is 0. The zero-order chi connectivity index (χ0) is 7.72. The number of allylic oxidation sites excluding steroid dienone is 1. The smallest absolute Gasteiger partial charge is 0.190 e. The van der Waals surface area contributed by atoms with E-state index >= 15 is 0 Å². The maximum atomic E-state index is 5.66. The average Bonchev–Trinajstić information content (AvgIpc) is 2.64. The molecule has 1 fully saturated rings. The monoisotopic (exact) mass is 143 g/mol. The van der Waals surface area contributed by atoms with E-state index in [1.54, 1.807) is 7.11 Å². The van der Waals surface area contributed by atoms with Gasteiger partial charge in [-0.2, -0.15) is 0 Å². The van der Waals surface area contributed by atoms with Gasteiger partial charge in [-0.15, -0.1) is 0 Å². The van der Waals surface area contributed by atoms with Gasteiger partial charge in [0, 0.05) is 12.8 Å². The lowest BCUT2D eigenvalue weighted by molar-refractivity contribution is 0.0950. The molecule has 1 rings (SSSR count). The van der Waals surface area contributed by atoms with E-state index in [0.717, 1.165) is 11.3 Å². The van der Waals surface area contributed by atoms with E-state index in [-0.39, 0.29) is 12.4 Å². The first-order chi connectivity index (χ1) is 4.66. The molecule has 1 aliphatic heterocycles. The van der Waals surface area contributed by atoms with E-state index in [9.17, 15) is 0 Å². The van der Waals surface area contributed by atoms with Crippen molar-refractivity contribution in [2.45, 2.75) is 26.2 Å². The molecule has 3 heteroatoms. The Hall–Kier alpha value is -0.540. The summed E-state index contributed by atoms with van der Waals surface area (Å²) in [6, 6.07) is 0. The predicted octanol–water partition coefficient (Wildman–Crippen LogP) is 0.610. The highest BCUT2D eigenvalue weighted by molar-refractivity contribution is 5.16. The van der Waals surface area contributed by atoms with Gasteiger partial charge in [-0.1, -0.05) is 5.57 Å². The molecule has 1 aliphatic rings. The van der Waals surface area contributed by atoms with Crippen LogP contribution < -0.4 is 5.73 Å². The molecule has 2 N–H and O–H groups in total. The van der Waals surface area contributed by atoms with E-state index in [1.165, 1.54) is 0 Å². The Morgan fingerprint density at radius 1 is 1.50 bits per heavy atom. The fourth-order valence-corrected chi connectivity index (χ4v) is 0.783. The van der Waals surface area contributed by atoms with Crippen molar-refractivity contribution < 1.29 is 9.47 Å². The highest BCUT2D eigenvalue weighted by atomic mass is 16.8. The van der Waals surface area contributed by atoms with Gasteiger partial charge in [-0.3, -0.25) is 0 Å². The third-order valence-electron chi connectivity index (χ3n) is 1.57. The summed E-state index contributed by atoms with van der Waals surface area (Å²) in [6.45, 7) is 3.92. The van der Waals surface area contributed by atoms with Crippen molar-refractivity contribution in [1.82, 2.24) is 0 Å². The van der Waals surface area contributed by atoms with Gasteiger partial charge in [-0.05, 0) is 13.8 Å². The molecule has 0 aliphatic carbocycles. The van der Waals surface area contributed by atoms with Gasteiger partial charge in [0.2, 0.25) is 0 Å². The molecular formula is C7H13NO2. The molecule has 0 spiro atoms. The molecule has 0 aromatic heterocycles. The number of nitrogens with two attached hydrogens (primary N) is 1. The number of methoxy groups -OCH3 is 1.